The van der Waals surface area contributed by atoms with Crippen LogP contribution in [-0.4, -0.2) is 36.2 Å². The van der Waals surface area contributed by atoms with Gasteiger partial charge in [-0.25, -0.2) is 9.78 Å². The van der Waals surface area contributed by atoms with Gasteiger partial charge in [-0.15, -0.1) is 0 Å². The van der Waals surface area contributed by atoms with E-state index in [9.17, 15) is 9.59 Å². The SMILES string of the molecule is CNC(=O)CN(C(=O)OC(C)(C)C)c1ccc(N)nc1. The van der Waals surface area contributed by atoms with Crippen LogP contribution in [0.1, 0.15) is 20.8 Å². The van der Waals surface area contributed by atoms with Gasteiger partial charge in [-0.3, -0.25) is 9.69 Å². The van der Waals surface area contributed by atoms with Crippen LogP contribution in [-0.2, 0) is 9.53 Å². The van der Waals surface area contributed by atoms with Crippen LogP contribution in [0.4, 0.5) is 16.3 Å². The van der Waals surface area contributed by atoms with Crippen LogP contribution in [0, 0.1) is 0 Å². The molecule has 0 saturated heterocycles. The molecular weight excluding hydrogens is 260 g/mol. The lowest BCUT2D eigenvalue weighted by Gasteiger charge is -2.26. The number of anilines is 2. The fourth-order valence-electron chi connectivity index (χ4n) is 1.36. The fraction of sp³-hybridized carbons (Fsp3) is 0.462. The first kappa shape index (κ1) is 15.7. The molecule has 0 unspecified atom stereocenters. The average Bonchev–Trinajstić information content (AvgIpc) is 2.34. The Morgan fingerprint density at radius 1 is 1.40 bits per heavy atom. The first-order chi connectivity index (χ1) is 9.23. The van der Waals surface area contributed by atoms with E-state index in [2.05, 4.69) is 10.3 Å². The summed E-state index contributed by atoms with van der Waals surface area (Å²) in [6.45, 7) is 5.11. The monoisotopic (exact) mass is 280 g/mol. The minimum atomic E-state index is -0.654. The Balaban J connectivity index is 2.98. The molecule has 7 heteroatoms. The standard InChI is InChI=1S/C13H20N4O3/c1-13(2,3)20-12(19)17(8-11(18)15-4)9-5-6-10(14)16-7-9/h5-7H,8H2,1-4H3,(H2,14,16)(H,15,18). The molecule has 1 aromatic heterocycles. The highest BCUT2D eigenvalue weighted by atomic mass is 16.6. The van der Waals surface area contributed by atoms with Gasteiger partial charge in [0, 0.05) is 7.05 Å². The second-order valence-electron chi connectivity index (χ2n) is 5.18. The number of pyridine rings is 1. The Morgan fingerprint density at radius 3 is 2.50 bits per heavy atom. The van der Waals surface area contributed by atoms with Crippen molar-refractivity contribution in [3.63, 3.8) is 0 Å². The van der Waals surface area contributed by atoms with Gasteiger partial charge in [-0.2, -0.15) is 0 Å². The number of aromatic nitrogens is 1. The number of amides is 2. The molecule has 0 aliphatic rings. The first-order valence-electron chi connectivity index (χ1n) is 6.15. The van der Waals surface area contributed by atoms with E-state index in [1.165, 1.54) is 18.1 Å². The van der Waals surface area contributed by atoms with Crippen LogP contribution in [0.2, 0.25) is 0 Å². The zero-order chi connectivity index (χ0) is 15.3. The molecule has 0 bridgehead atoms. The van der Waals surface area contributed by atoms with Gasteiger partial charge in [0.05, 0.1) is 11.9 Å². The normalized spacial score (nSPS) is 10.8. The Labute approximate surface area is 118 Å². The lowest BCUT2D eigenvalue weighted by Crippen LogP contribution is -2.42. The van der Waals surface area contributed by atoms with Crippen LogP contribution < -0.4 is 16.0 Å². The molecule has 1 aromatic rings. The maximum Gasteiger partial charge on any atom is 0.415 e. The molecule has 0 radical (unpaired) electrons. The van der Waals surface area contributed by atoms with Crippen molar-refractivity contribution >= 4 is 23.5 Å². The second kappa shape index (κ2) is 6.23. The van der Waals surface area contributed by atoms with Gasteiger partial charge in [0.2, 0.25) is 5.91 Å². The summed E-state index contributed by atoms with van der Waals surface area (Å²) in [6.07, 6.45) is 0.801. The summed E-state index contributed by atoms with van der Waals surface area (Å²) in [5.74, 6) is 0.0190. The third-order valence-electron chi connectivity index (χ3n) is 2.28. The molecule has 0 fully saturated rings. The molecule has 0 aliphatic heterocycles. The third-order valence-corrected chi connectivity index (χ3v) is 2.28. The van der Waals surface area contributed by atoms with E-state index in [1.54, 1.807) is 32.9 Å². The number of likely N-dealkylation sites (N-methyl/N-ethyl adjacent to an activating group) is 1. The van der Waals surface area contributed by atoms with E-state index in [4.69, 9.17) is 10.5 Å². The van der Waals surface area contributed by atoms with E-state index in [1.807, 2.05) is 0 Å². The number of rotatable bonds is 3. The van der Waals surface area contributed by atoms with Gasteiger partial charge in [-0.1, -0.05) is 0 Å². The van der Waals surface area contributed by atoms with Crippen molar-refractivity contribution in [3.8, 4) is 0 Å². The summed E-state index contributed by atoms with van der Waals surface area (Å²) < 4.78 is 5.28. The number of hydrogen-bond acceptors (Lipinski definition) is 5. The number of nitrogens with zero attached hydrogens (tertiary/aromatic N) is 2. The average molecular weight is 280 g/mol. The lowest BCUT2D eigenvalue weighted by atomic mass is 10.2. The smallest absolute Gasteiger partial charge is 0.415 e. The molecule has 3 N–H and O–H groups in total. The summed E-state index contributed by atoms with van der Waals surface area (Å²) in [4.78, 5) is 28.8. The number of hydrogen-bond donors (Lipinski definition) is 2. The zero-order valence-electron chi connectivity index (χ0n) is 12.1. The fourth-order valence-corrected chi connectivity index (χ4v) is 1.36. The summed E-state index contributed by atoms with van der Waals surface area (Å²) in [6, 6.07) is 3.16. The summed E-state index contributed by atoms with van der Waals surface area (Å²) in [7, 11) is 1.50. The topological polar surface area (TPSA) is 97.5 Å². The zero-order valence-corrected chi connectivity index (χ0v) is 12.1. The van der Waals surface area contributed by atoms with Crippen molar-refractivity contribution in [2.24, 2.45) is 0 Å². The lowest BCUT2D eigenvalue weighted by molar-refractivity contribution is -0.119. The van der Waals surface area contributed by atoms with Crippen molar-refractivity contribution in [2.75, 3.05) is 24.2 Å². The van der Waals surface area contributed by atoms with Crippen LogP contribution in [0.5, 0.6) is 0 Å². The van der Waals surface area contributed by atoms with Crippen LogP contribution >= 0.6 is 0 Å². The molecule has 0 aromatic carbocycles. The molecule has 0 spiro atoms. The molecule has 7 nitrogen and oxygen atoms in total. The summed E-state index contributed by atoms with van der Waals surface area (Å²) in [5, 5.41) is 2.46. The molecular formula is C13H20N4O3. The van der Waals surface area contributed by atoms with Gasteiger partial charge in [0.25, 0.3) is 0 Å². The molecule has 0 atom stereocenters. The maximum absolute atomic E-state index is 12.2. The van der Waals surface area contributed by atoms with E-state index < -0.39 is 11.7 Å². The number of nitrogens with one attached hydrogen (secondary N) is 1. The Kier molecular flexibility index (Phi) is 4.90. The minimum absolute atomic E-state index is 0.156. The maximum atomic E-state index is 12.2. The van der Waals surface area contributed by atoms with Crippen LogP contribution in [0.3, 0.4) is 0 Å². The van der Waals surface area contributed by atoms with Gasteiger partial charge >= 0.3 is 6.09 Å². The van der Waals surface area contributed by atoms with E-state index in [-0.39, 0.29) is 12.5 Å². The number of carbonyl (C=O) groups is 2. The Bertz CT molecular complexity index is 479. The second-order valence-corrected chi connectivity index (χ2v) is 5.18. The quantitative estimate of drug-likeness (QED) is 0.865. The predicted molar refractivity (Wildman–Crippen MR) is 76.3 cm³/mol. The Morgan fingerprint density at radius 2 is 2.05 bits per heavy atom. The van der Waals surface area contributed by atoms with Gasteiger partial charge in [0.15, 0.2) is 0 Å². The van der Waals surface area contributed by atoms with Crippen molar-refractivity contribution in [2.45, 2.75) is 26.4 Å². The highest BCUT2D eigenvalue weighted by molar-refractivity contribution is 5.94. The molecule has 0 aliphatic carbocycles. The largest absolute Gasteiger partial charge is 0.443 e. The number of nitrogens with two attached hydrogens (primary N) is 1. The molecule has 110 valence electrons. The van der Waals surface area contributed by atoms with Crippen LogP contribution in [0.15, 0.2) is 18.3 Å². The predicted octanol–water partition coefficient (Wildman–Crippen LogP) is 1.15. The summed E-state index contributed by atoms with van der Waals surface area (Å²) >= 11 is 0. The molecule has 0 saturated carbocycles. The Hall–Kier alpha value is -2.31. The first-order valence-corrected chi connectivity index (χ1v) is 6.15. The van der Waals surface area contributed by atoms with Crippen molar-refractivity contribution in [1.29, 1.82) is 0 Å². The van der Waals surface area contributed by atoms with Gasteiger partial charge in [-0.05, 0) is 32.9 Å². The van der Waals surface area contributed by atoms with E-state index in [0.29, 0.717) is 11.5 Å². The molecule has 2 amide bonds. The highest BCUT2D eigenvalue weighted by Crippen LogP contribution is 2.18. The number of carbonyl (C=O) groups excluding carboxylic acids is 2. The van der Waals surface area contributed by atoms with Crippen molar-refractivity contribution in [1.82, 2.24) is 10.3 Å². The summed E-state index contributed by atoms with van der Waals surface area (Å²) in [5.41, 5.74) is 5.30. The number of ether oxygens (including phenoxy) is 1. The van der Waals surface area contributed by atoms with E-state index in [0.717, 1.165) is 0 Å². The molecule has 1 rings (SSSR count). The van der Waals surface area contributed by atoms with Crippen molar-refractivity contribution in [3.05, 3.63) is 18.3 Å². The molecule has 1 heterocycles. The van der Waals surface area contributed by atoms with Crippen LogP contribution in [0.25, 0.3) is 0 Å². The van der Waals surface area contributed by atoms with E-state index >= 15 is 0 Å². The molecule has 20 heavy (non-hydrogen) atoms. The minimum Gasteiger partial charge on any atom is -0.443 e. The number of nitrogen functional groups attached to an aromatic ring is 1. The highest BCUT2D eigenvalue weighted by Gasteiger charge is 2.25. The van der Waals surface area contributed by atoms with Gasteiger partial charge in [0.1, 0.15) is 18.0 Å². The van der Waals surface area contributed by atoms with Crippen molar-refractivity contribution < 1.29 is 14.3 Å². The van der Waals surface area contributed by atoms with Gasteiger partial charge < -0.3 is 15.8 Å². The third kappa shape index (κ3) is 4.75.